The first kappa shape index (κ1) is 13.2. The van der Waals surface area contributed by atoms with Gasteiger partial charge in [-0.2, -0.15) is 5.26 Å². The van der Waals surface area contributed by atoms with Crippen LogP contribution in [0, 0.1) is 18.3 Å². The Morgan fingerprint density at radius 1 is 1.22 bits per heavy atom. The third-order valence-electron chi connectivity index (χ3n) is 2.34. The van der Waals surface area contributed by atoms with E-state index in [4.69, 9.17) is 28.5 Å². The molecule has 0 atom stereocenters. The molecule has 90 valence electrons. The summed E-state index contributed by atoms with van der Waals surface area (Å²) in [4.78, 5) is 5.12. The molecule has 0 aliphatic rings. The van der Waals surface area contributed by atoms with Crippen molar-refractivity contribution in [3.05, 3.63) is 51.6 Å². The van der Waals surface area contributed by atoms with Gasteiger partial charge in [-0.15, -0.1) is 0 Å². The summed E-state index contributed by atoms with van der Waals surface area (Å²) in [6, 6.07) is 9.33. The molecule has 0 radical (unpaired) electrons. The average molecular weight is 295 g/mol. The SMILES string of the molecule is Cc1ccnc(Sc2ccc(Cl)c(Cl)c2)c1C#N. The van der Waals surface area contributed by atoms with E-state index in [9.17, 15) is 0 Å². The van der Waals surface area contributed by atoms with Crippen molar-refractivity contribution >= 4 is 35.0 Å². The van der Waals surface area contributed by atoms with Crippen molar-refractivity contribution in [3.8, 4) is 6.07 Å². The summed E-state index contributed by atoms with van der Waals surface area (Å²) in [7, 11) is 0. The van der Waals surface area contributed by atoms with Gasteiger partial charge < -0.3 is 0 Å². The lowest BCUT2D eigenvalue weighted by molar-refractivity contribution is 1.08. The second-order valence-corrected chi connectivity index (χ2v) is 5.47. The topological polar surface area (TPSA) is 36.7 Å². The predicted octanol–water partition coefficient (Wildman–Crippen LogP) is 4.72. The molecule has 1 aromatic carbocycles. The van der Waals surface area contributed by atoms with Crippen molar-refractivity contribution in [2.24, 2.45) is 0 Å². The molecule has 0 fully saturated rings. The third kappa shape index (κ3) is 2.78. The summed E-state index contributed by atoms with van der Waals surface area (Å²) in [5.41, 5.74) is 1.50. The van der Waals surface area contributed by atoms with Gasteiger partial charge >= 0.3 is 0 Å². The Bertz CT molecular complexity index is 635. The number of nitrogens with zero attached hydrogens (tertiary/aromatic N) is 2. The molecule has 0 unspecified atom stereocenters. The lowest BCUT2D eigenvalue weighted by Crippen LogP contribution is -1.90. The maximum atomic E-state index is 9.13. The Balaban J connectivity index is 2.37. The van der Waals surface area contributed by atoms with E-state index in [0.29, 0.717) is 20.6 Å². The van der Waals surface area contributed by atoms with Gasteiger partial charge in [-0.25, -0.2) is 4.98 Å². The first-order valence-electron chi connectivity index (χ1n) is 5.10. The zero-order valence-electron chi connectivity index (χ0n) is 9.45. The molecule has 2 nitrogen and oxygen atoms in total. The van der Waals surface area contributed by atoms with E-state index in [2.05, 4.69) is 11.1 Å². The zero-order chi connectivity index (χ0) is 13.1. The highest BCUT2D eigenvalue weighted by Gasteiger charge is 2.09. The molecule has 0 saturated heterocycles. The van der Waals surface area contributed by atoms with Crippen LogP contribution in [-0.4, -0.2) is 4.98 Å². The molecule has 1 heterocycles. The van der Waals surface area contributed by atoms with Gasteiger partial charge in [-0.1, -0.05) is 35.0 Å². The van der Waals surface area contributed by atoms with E-state index < -0.39 is 0 Å². The number of halogens is 2. The molecule has 18 heavy (non-hydrogen) atoms. The second kappa shape index (κ2) is 5.62. The first-order valence-corrected chi connectivity index (χ1v) is 6.67. The van der Waals surface area contributed by atoms with E-state index in [1.807, 2.05) is 19.1 Å². The van der Waals surface area contributed by atoms with Gasteiger partial charge in [-0.05, 0) is 36.8 Å². The van der Waals surface area contributed by atoms with Crippen LogP contribution in [0.25, 0.3) is 0 Å². The fraction of sp³-hybridized carbons (Fsp3) is 0.0769. The molecule has 0 saturated carbocycles. The van der Waals surface area contributed by atoms with Gasteiger partial charge in [0.05, 0.1) is 15.6 Å². The molecular weight excluding hydrogens is 287 g/mol. The smallest absolute Gasteiger partial charge is 0.119 e. The van der Waals surface area contributed by atoms with Crippen molar-refractivity contribution in [1.29, 1.82) is 5.26 Å². The highest BCUT2D eigenvalue weighted by Crippen LogP contribution is 2.33. The summed E-state index contributed by atoms with van der Waals surface area (Å²) in [5.74, 6) is 0. The predicted molar refractivity (Wildman–Crippen MR) is 74.3 cm³/mol. The first-order chi connectivity index (χ1) is 8.61. The van der Waals surface area contributed by atoms with E-state index >= 15 is 0 Å². The molecule has 5 heteroatoms. The van der Waals surface area contributed by atoms with Crippen molar-refractivity contribution in [2.75, 3.05) is 0 Å². The summed E-state index contributed by atoms with van der Waals surface area (Å²) in [5, 5.41) is 10.8. The fourth-order valence-electron chi connectivity index (χ4n) is 1.40. The third-order valence-corrected chi connectivity index (χ3v) is 4.07. The Hall–Kier alpha value is -1.21. The molecule has 1 aromatic heterocycles. The zero-order valence-corrected chi connectivity index (χ0v) is 11.8. The summed E-state index contributed by atoms with van der Waals surface area (Å²) in [6.07, 6.45) is 1.69. The molecular formula is C13H8Cl2N2S. The number of hydrogen-bond donors (Lipinski definition) is 0. The largest absolute Gasteiger partial charge is 0.248 e. The molecule has 2 aromatic rings. The van der Waals surface area contributed by atoms with E-state index in [1.165, 1.54) is 11.8 Å². The van der Waals surface area contributed by atoms with Crippen molar-refractivity contribution in [1.82, 2.24) is 4.98 Å². The maximum Gasteiger partial charge on any atom is 0.119 e. The number of benzene rings is 1. The monoisotopic (exact) mass is 294 g/mol. The lowest BCUT2D eigenvalue weighted by Gasteiger charge is -2.05. The Morgan fingerprint density at radius 2 is 2.00 bits per heavy atom. The van der Waals surface area contributed by atoms with Crippen molar-refractivity contribution in [2.45, 2.75) is 16.8 Å². The number of aromatic nitrogens is 1. The Kier molecular flexibility index (Phi) is 4.13. The van der Waals surface area contributed by atoms with Gasteiger partial charge in [-0.3, -0.25) is 0 Å². The minimum atomic E-state index is 0.493. The summed E-state index contributed by atoms with van der Waals surface area (Å²) < 4.78 is 0. The van der Waals surface area contributed by atoms with Crippen molar-refractivity contribution < 1.29 is 0 Å². The number of pyridine rings is 1. The average Bonchev–Trinajstić information content (AvgIpc) is 2.34. The number of nitriles is 1. The minimum absolute atomic E-state index is 0.493. The summed E-state index contributed by atoms with van der Waals surface area (Å²) in [6.45, 7) is 1.89. The highest BCUT2D eigenvalue weighted by molar-refractivity contribution is 7.99. The van der Waals surface area contributed by atoms with Crippen molar-refractivity contribution in [3.63, 3.8) is 0 Å². The van der Waals surface area contributed by atoms with Gasteiger partial charge in [0, 0.05) is 11.1 Å². The number of rotatable bonds is 2. The van der Waals surface area contributed by atoms with Gasteiger partial charge in [0.15, 0.2) is 0 Å². The van der Waals surface area contributed by atoms with Crippen LogP contribution in [0.5, 0.6) is 0 Å². The van der Waals surface area contributed by atoms with Crippen LogP contribution < -0.4 is 0 Å². The highest BCUT2D eigenvalue weighted by atomic mass is 35.5. The lowest BCUT2D eigenvalue weighted by atomic mass is 10.2. The van der Waals surface area contributed by atoms with Crippen LogP contribution in [0.3, 0.4) is 0 Å². The van der Waals surface area contributed by atoms with Gasteiger partial charge in [0.25, 0.3) is 0 Å². The van der Waals surface area contributed by atoms with E-state index in [1.54, 1.807) is 18.3 Å². The van der Waals surface area contributed by atoms with Gasteiger partial charge in [0.1, 0.15) is 11.1 Å². The maximum absolute atomic E-state index is 9.13. The van der Waals surface area contributed by atoms with Crippen LogP contribution >= 0.6 is 35.0 Å². The van der Waals surface area contributed by atoms with Crippen LogP contribution in [0.1, 0.15) is 11.1 Å². The quantitative estimate of drug-likeness (QED) is 0.804. The second-order valence-electron chi connectivity index (χ2n) is 3.60. The fourth-order valence-corrected chi connectivity index (χ4v) is 2.72. The van der Waals surface area contributed by atoms with Crippen LogP contribution in [0.2, 0.25) is 10.0 Å². The van der Waals surface area contributed by atoms with E-state index in [0.717, 1.165) is 10.5 Å². The number of hydrogen-bond acceptors (Lipinski definition) is 3. The molecule has 0 amide bonds. The van der Waals surface area contributed by atoms with Crippen LogP contribution in [0.4, 0.5) is 0 Å². The normalized spacial score (nSPS) is 10.1. The minimum Gasteiger partial charge on any atom is -0.248 e. The molecule has 0 N–H and O–H groups in total. The molecule has 0 bridgehead atoms. The molecule has 0 aliphatic carbocycles. The standard InChI is InChI=1S/C13H8Cl2N2S/c1-8-4-5-17-13(10(8)7-16)18-9-2-3-11(14)12(15)6-9/h2-6H,1H3. The molecule has 0 aliphatic heterocycles. The number of aryl methyl sites for hydroxylation is 1. The van der Waals surface area contributed by atoms with Gasteiger partial charge in [0.2, 0.25) is 0 Å². The van der Waals surface area contributed by atoms with E-state index in [-0.39, 0.29) is 0 Å². The van der Waals surface area contributed by atoms with Crippen LogP contribution in [0.15, 0.2) is 40.4 Å². The van der Waals surface area contributed by atoms with Crippen LogP contribution in [-0.2, 0) is 0 Å². The Labute approximate surface area is 120 Å². The Morgan fingerprint density at radius 3 is 2.67 bits per heavy atom. The summed E-state index contributed by atoms with van der Waals surface area (Å²) >= 11 is 13.2. The molecule has 2 rings (SSSR count). The molecule has 0 spiro atoms.